The summed E-state index contributed by atoms with van der Waals surface area (Å²) in [4.78, 5) is 11.5. The fraction of sp³-hybridized carbons (Fsp3) is 0.556. The smallest absolute Gasteiger partial charge is 0.187 e. The summed E-state index contributed by atoms with van der Waals surface area (Å²) in [5.41, 5.74) is 3.33. The van der Waals surface area contributed by atoms with E-state index in [-0.39, 0.29) is 17.7 Å². The Bertz CT molecular complexity index is 897. The molecule has 1 aromatic heterocycles. The molecule has 0 N–H and O–H groups in total. The summed E-state index contributed by atoms with van der Waals surface area (Å²) < 4.78 is 23.2. The summed E-state index contributed by atoms with van der Waals surface area (Å²) in [5, 5.41) is 1.83. The Hall–Kier alpha value is -1.34. The number of thioether (sulfide) groups is 1. The number of fused-ring (bicyclic) bond motifs is 1. The summed E-state index contributed by atoms with van der Waals surface area (Å²) >= 11 is 1.54. The zero-order valence-corrected chi connectivity index (χ0v) is 17.0. The first-order valence-corrected chi connectivity index (χ1v) is 11.8. The van der Waals surface area contributed by atoms with Gasteiger partial charge in [-0.25, -0.2) is 18.4 Å². The van der Waals surface area contributed by atoms with Crippen molar-refractivity contribution in [2.45, 2.75) is 37.9 Å². The highest BCUT2D eigenvalue weighted by atomic mass is 32.2. The Morgan fingerprint density at radius 1 is 1.36 bits per heavy atom. The number of rotatable bonds is 5. The topological polar surface area (TPSA) is 63.2 Å². The summed E-state index contributed by atoms with van der Waals surface area (Å²) in [6.07, 6.45) is 5.20. The van der Waals surface area contributed by atoms with E-state index in [1.54, 1.807) is 11.8 Å². The third kappa shape index (κ3) is 3.62. The van der Waals surface area contributed by atoms with Gasteiger partial charge in [0, 0.05) is 42.0 Å². The van der Waals surface area contributed by atoms with Crippen LogP contribution in [-0.2, 0) is 9.84 Å². The second-order valence-corrected chi connectivity index (χ2v) is 10.2. The minimum Gasteiger partial charge on any atom is -0.367 e. The van der Waals surface area contributed by atoms with E-state index in [0.717, 1.165) is 28.3 Å². The molecule has 2 atom stereocenters. The van der Waals surface area contributed by atoms with Crippen LogP contribution >= 0.6 is 11.8 Å². The SMILES string of the molecule is CSc1ncc2c(N3C[C@H](CS(C)(=O)=O)[C@H]3C)ccc(C(C)C)c2n1. The quantitative estimate of drug-likeness (QED) is 0.586. The van der Waals surface area contributed by atoms with Crippen molar-refractivity contribution < 1.29 is 8.42 Å². The molecule has 1 aliphatic heterocycles. The molecule has 5 nitrogen and oxygen atoms in total. The van der Waals surface area contributed by atoms with Crippen LogP contribution in [0.4, 0.5) is 5.69 Å². The van der Waals surface area contributed by atoms with Gasteiger partial charge in [-0.1, -0.05) is 31.7 Å². The monoisotopic (exact) mass is 379 g/mol. The summed E-state index contributed by atoms with van der Waals surface area (Å²) in [5.74, 6) is 0.814. The first-order chi connectivity index (χ1) is 11.7. The molecule has 0 unspecified atom stereocenters. The number of anilines is 1. The molecule has 0 saturated carbocycles. The normalized spacial score (nSPS) is 21.0. The molecule has 3 rings (SSSR count). The first kappa shape index (κ1) is 18.5. The second kappa shape index (κ2) is 6.76. The molecule has 1 fully saturated rings. The average molecular weight is 380 g/mol. The molecule has 2 aromatic rings. The Balaban J connectivity index is 2.00. The standard InChI is InChI=1S/C18H25N3O2S2/c1-11(2)14-6-7-16(15-8-19-18(24-4)20-17(14)15)21-9-13(12(21)3)10-25(5,22)23/h6-8,11-13H,9-10H2,1-5H3/t12-,13-/m1/s1. The van der Waals surface area contributed by atoms with Crippen LogP contribution in [0.3, 0.4) is 0 Å². The molecule has 136 valence electrons. The summed E-state index contributed by atoms with van der Waals surface area (Å²) in [6.45, 7) is 7.20. The maximum Gasteiger partial charge on any atom is 0.187 e. The van der Waals surface area contributed by atoms with E-state index in [1.165, 1.54) is 11.8 Å². The van der Waals surface area contributed by atoms with Crippen LogP contribution in [0.1, 0.15) is 32.3 Å². The molecule has 1 aliphatic rings. The van der Waals surface area contributed by atoms with E-state index in [0.29, 0.717) is 5.92 Å². The Labute approximate surface area is 154 Å². The lowest BCUT2D eigenvalue weighted by Crippen LogP contribution is -2.57. The van der Waals surface area contributed by atoms with E-state index in [2.05, 4.69) is 42.8 Å². The molecule has 25 heavy (non-hydrogen) atoms. The highest BCUT2D eigenvalue weighted by Crippen LogP contribution is 2.38. The van der Waals surface area contributed by atoms with Crippen LogP contribution < -0.4 is 4.90 Å². The van der Waals surface area contributed by atoms with Gasteiger partial charge in [-0.05, 0) is 30.7 Å². The maximum absolute atomic E-state index is 11.6. The lowest BCUT2D eigenvalue weighted by Gasteiger charge is -2.48. The van der Waals surface area contributed by atoms with Gasteiger partial charge in [0.15, 0.2) is 5.16 Å². The Morgan fingerprint density at radius 3 is 2.64 bits per heavy atom. The van der Waals surface area contributed by atoms with Crippen molar-refractivity contribution >= 4 is 38.2 Å². The Morgan fingerprint density at radius 2 is 2.08 bits per heavy atom. The van der Waals surface area contributed by atoms with Gasteiger partial charge in [0.2, 0.25) is 0 Å². The molecular formula is C18H25N3O2S2. The number of hydrogen-bond donors (Lipinski definition) is 0. The highest BCUT2D eigenvalue weighted by Gasteiger charge is 2.38. The highest BCUT2D eigenvalue weighted by molar-refractivity contribution is 7.98. The minimum atomic E-state index is -2.95. The summed E-state index contributed by atoms with van der Waals surface area (Å²) in [6, 6.07) is 4.48. The predicted molar refractivity (Wildman–Crippen MR) is 105 cm³/mol. The van der Waals surface area contributed by atoms with Gasteiger partial charge in [-0.15, -0.1) is 0 Å². The lowest BCUT2D eigenvalue weighted by molar-refractivity contribution is 0.342. The van der Waals surface area contributed by atoms with Crippen molar-refractivity contribution in [3.63, 3.8) is 0 Å². The molecule has 2 heterocycles. The molecule has 7 heteroatoms. The van der Waals surface area contributed by atoms with Crippen LogP contribution in [0.2, 0.25) is 0 Å². The van der Waals surface area contributed by atoms with Crippen molar-refractivity contribution in [2.24, 2.45) is 5.92 Å². The number of aromatic nitrogens is 2. The van der Waals surface area contributed by atoms with Crippen LogP contribution in [0, 0.1) is 5.92 Å². The van der Waals surface area contributed by atoms with Gasteiger partial charge in [-0.2, -0.15) is 0 Å². The first-order valence-electron chi connectivity index (χ1n) is 8.49. The van der Waals surface area contributed by atoms with Crippen molar-refractivity contribution in [1.82, 2.24) is 9.97 Å². The van der Waals surface area contributed by atoms with Crippen LogP contribution in [-0.4, -0.2) is 49.2 Å². The maximum atomic E-state index is 11.6. The minimum absolute atomic E-state index is 0.182. The number of nitrogens with zero attached hydrogens (tertiary/aromatic N) is 3. The molecule has 0 radical (unpaired) electrons. The van der Waals surface area contributed by atoms with Gasteiger partial charge in [0.25, 0.3) is 0 Å². The van der Waals surface area contributed by atoms with Crippen LogP contribution in [0.5, 0.6) is 0 Å². The molecule has 1 saturated heterocycles. The van der Waals surface area contributed by atoms with E-state index < -0.39 is 9.84 Å². The van der Waals surface area contributed by atoms with Gasteiger partial charge in [-0.3, -0.25) is 0 Å². The van der Waals surface area contributed by atoms with E-state index >= 15 is 0 Å². The van der Waals surface area contributed by atoms with E-state index in [4.69, 9.17) is 4.98 Å². The predicted octanol–water partition coefficient (Wildman–Crippen LogP) is 3.34. The fourth-order valence-corrected chi connectivity index (χ4v) is 5.01. The van der Waals surface area contributed by atoms with Crippen molar-refractivity contribution in [1.29, 1.82) is 0 Å². The number of hydrogen-bond acceptors (Lipinski definition) is 6. The second-order valence-electron chi connectivity index (χ2n) is 7.19. The fourth-order valence-electron chi connectivity index (χ4n) is 3.51. The molecular weight excluding hydrogens is 354 g/mol. The average Bonchev–Trinajstić information content (AvgIpc) is 2.55. The van der Waals surface area contributed by atoms with Crippen LogP contribution in [0.25, 0.3) is 10.9 Å². The molecule has 0 bridgehead atoms. The largest absolute Gasteiger partial charge is 0.367 e. The van der Waals surface area contributed by atoms with E-state index in [9.17, 15) is 8.42 Å². The third-order valence-electron chi connectivity index (χ3n) is 4.97. The zero-order chi connectivity index (χ0) is 18.4. The lowest BCUT2D eigenvalue weighted by atomic mass is 9.89. The van der Waals surface area contributed by atoms with E-state index in [1.807, 2.05) is 12.5 Å². The molecule has 1 aromatic carbocycles. The number of benzene rings is 1. The van der Waals surface area contributed by atoms with Crippen molar-refractivity contribution in [3.05, 3.63) is 23.9 Å². The van der Waals surface area contributed by atoms with Crippen molar-refractivity contribution in [3.8, 4) is 0 Å². The van der Waals surface area contributed by atoms with Gasteiger partial charge in [0.1, 0.15) is 9.84 Å². The molecule has 0 spiro atoms. The summed E-state index contributed by atoms with van der Waals surface area (Å²) in [7, 11) is -2.95. The molecule has 0 amide bonds. The van der Waals surface area contributed by atoms with Gasteiger partial charge < -0.3 is 4.90 Å². The third-order valence-corrected chi connectivity index (χ3v) is 6.57. The number of sulfone groups is 1. The molecule has 0 aliphatic carbocycles. The Kier molecular flexibility index (Phi) is 4.99. The van der Waals surface area contributed by atoms with Gasteiger partial charge >= 0.3 is 0 Å². The zero-order valence-electron chi connectivity index (χ0n) is 15.4. The van der Waals surface area contributed by atoms with Crippen molar-refractivity contribution in [2.75, 3.05) is 29.7 Å². The van der Waals surface area contributed by atoms with Gasteiger partial charge in [0.05, 0.1) is 11.3 Å². The van der Waals surface area contributed by atoms with Crippen LogP contribution in [0.15, 0.2) is 23.5 Å².